The topological polar surface area (TPSA) is 65.5 Å². The minimum absolute atomic E-state index is 0.0550. The zero-order valence-corrected chi connectivity index (χ0v) is 18.3. The molecule has 0 saturated carbocycles. The summed E-state index contributed by atoms with van der Waals surface area (Å²) in [5.74, 6) is 0.496. The maximum atomic E-state index is 12.0. The van der Waals surface area contributed by atoms with E-state index in [4.69, 9.17) is 9.47 Å². The van der Waals surface area contributed by atoms with Gasteiger partial charge in [0.2, 0.25) is 0 Å². The molecule has 1 amide bonds. The number of ether oxygens (including phenoxy) is 2. The molecule has 2 aromatic carbocycles. The van der Waals surface area contributed by atoms with E-state index in [2.05, 4.69) is 21.9 Å². The Morgan fingerprint density at radius 2 is 1.90 bits per heavy atom. The number of carbonyl (C=O) groups is 1. The van der Waals surface area contributed by atoms with Crippen LogP contribution in [0.1, 0.15) is 34.0 Å². The van der Waals surface area contributed by atoms with Gasteiger partial charge in [-0.2, -0.15) is 0 Å². The second kappa shape index (κ2) is 9.68. The summed E-state index contributed by atoms with van der Waals surface area (Å²) < 4.78 is 11.3. The highest BCUT2D eigenvalue weighted by Gasteiger charge is 2.24. The van der Waals surface area contributed by atoms with Gasteiger partial charge in [-0.15, -0.1) is 0 Å². The molecule has 0 bridgehead atoms. The van der Waals surface area contributed by atoms with Gasteiger partial charge in [-0.1, -0.05) is 6.07 Å². The van der Waals surface area contributed by atoms with E-state index in [-0.39, 0.29) is 12.0 Å². The zero-order valence-electron chi connectivity index (χ0n) is 18.3. The van der Waals surface area contributed by atoms with Gasteiger partial charge in [-0.05, 0) is 60.4 Å². The molecule has 0 aromatic heterocycles. The van der Waals surface area contributed by atoms with Crippen LogP contribution in [-0.2, 0) is 11.2 Å². The molecule has 1 saturated heterocycles. The third-order valence-corrected chi connectivity index (χ3v) is 6.24. The second-order valence-electron chi connectivity index (χ2n) is 8.17. The first kappa shape index (κ1) is 21.6. The van der Waals surface area contributed by atoms with Crippen molar-refractivity contribution >= 4 is 11.6 Å². The molecule has 1 fully saturated rings. The average molecular weight is 426 g/mol. The number of nitrogens with zero attached hydrogens (tertiary/aromatic N) is 3. The van der Waals surface area contributed by atoms with Gasteiger partial charge in [0.05, 0.1) is 19.8 Å². The van der Waals surface area contributed by atoms with Crippen molar-refractivity contribution in [3.63, 3.8) is 0 Å². The molecule has 0 radical (unpaired) electrons. The number of piperazine rings is 1. The van der Waals surface area contributed by atoms with Crippen LogP contribution in [0.5, 0.6) is 5.75 Å². The number of fused-ring (bicyclic) bond motifs is 1. The third-order valence-electron chi connectivity index (χ3n) is 6.24. The number of carbonyl (C=O) groups excluding carboxylic acids is 1. The third kappa shape index (κ3) is 5.01. The van der Waals surface area contributed by atoms with E-state index in [1.807, 2.05) is 24.3 Å². The van der Waals surface area contributed by atoms with Gasteiger partial charge >= 0.3 is 0 Å². The van der Waals surface area contributed by atoms with Crippen molar-refractivity contribution < 1.29 is 19.5 Å². The SMILES string of the molecule is COc1ccc(N2CCN(CCC3OCCc4cc(C(=O)N(C)O)ccc43)CC2)cc1. The van der Waals surface area contributed by atoms with Gasteiger partial charge in [0, 0.05) is 51.0 Å². The summed E-state index contributed by atoms with van der Waals surface area (Å²) in [5, 5.41) is 10.0. The largest absolute Gasteiger partial charge is 0.497 e. The molecule has 7 nitrogen and oxygen atoms in total. The summed E-state index contributed by atoms with van der Waals surface area (Å²) in [7, 11) is 3.04. The molecular formula is C24H31N3O4. The van der Waals surface area contributed by atoms with Gasteiger partial charge < -0.3 is 14.4 Å². The lowest BCUT2D eigenvalue weighted by atomic mass is 9.93. The number of methoxy groups -OCH3 is 1. The number of hydrogen-bond acceptors (Lipinski definition) is 6. The smallest absolute Gasteiger partial charge is 0.276 e. The van der Waals surface area contributed by atoms with Crippen molar-refractivity contribution in [1.82, 2.24) is 9.96 Å². The van der Waals surface area contributed by atoms with Gasteiger partial charge in [0.25, 0.3) is 5.91 Å². The number of hydrogen-bond donors (Lipinski definition) is 1. The molecule has 2 aliphatic heterocycles. The Hall–Kier alpha value is -2.61. The van der Waals surface area contributed by atoms with Crippen molar-refractivity contribution in [3.05, 3.63) is 59.2 Å². The van der Waals surface area contributed by atoms with Crippen molar-refractivity contribution in [1.29, 1.82) is 0 Å². The maximum absolute atomic E-state index is 12.0. The van der Waals surface area contributed by atoms with Crippen LogP contribution < -0.4 is 9.64 Å². The molecule has 2 aliphatic rings. The van der Waals surface area contributed by atoms with Gasteiger partial charge in [0.1, 0.15) is 5.75 Å². The summed E-state index contributed by atoms with van der Waals surface area (Å²) in [6, 6.07) is 13.9. The highest BCUT2D eigenvalue weighted by Crippen LogP contribution is 2.31. The Kier molecular flexibility index (Phi) is 6.75. The Balaban J connectivity index is 1.31. The van der Waals surface area contributed by atoms with E-state index in [1.54, 1.807) is 13.2 Å². The Morgan fingerprint density at radius 3 is 2.58 bits per heavy atom. The average Bonchev–Trinajstić information content (AvgIpc) is 2.82. The second-order valence-corrected chi connectivity index (χ2v) is 8.17. The summed E-state index contributed by atoms with van der Waals surface area (Å²) in [6.45, 7) is 5.73. The standard InChI is InChI=1S/C24H31N3O4/c1-25(29)24(28)19-3-8-22-18(17-19)10-16-31-23(22)9-11-26-12-14-27(15-13-26)20-4-6-21(30-2)7-5-20/h3-8,17,23,29H,9-16H2,1-2H3. The molecule has 0 spiro atoms. The number of benzene rings is 2. The number of hydroxylamine groups is 2. The summed E-state index contributed by atoms with van der Waals surface area (Å²) >= 11 is 0. The van der Waals surface area contributed by atoms with Crippen molar-refractivity contribution in [2.45, 2.75) is 18.9 Å². The minimum Gasteiger partial charge on any atom is -0.497 e. The predicted molar refractivity (Wildman–Crippen MR) is 119 cm³/mol. The van der Waals surface area contributed by atoms with E-state index in [1.165, 1.54) is 18.3 Å². The van der Waals surface area contributed by atoms with Crippen molar-refractivity contribution in [2.75, 3.05) is 58.4 Å². The molecule has 2 aromatic rings. The molecule has 7 heteroatoms. The van der Waals surface area contributed by atoms with Gasteiger partial charge in [0.15, 0.2) is 0 Å². The molecule has 1 N–H and O–H groups in total. The zero-order chi connectivity index (χ0) is 21.8. The lowest BCUT2D eigenvalue weighted by Crippen LogP contribution is -2.46. The normalized spacial score (nSPS) is 19.1. The Labute approximate surface area is 183 Å². The number of amides is 1. The molecule has 166 valence electrons. The summed E-state index contributed by atoms with van der Waals surface area (Å²) in [5.41, 5.74) is 4.07. The highest BCUT2D eigenvalue weighted by atomic mass is 16.5. The first-order valence-corrected chi connectivity index (χ1v) is 10.9. The van der Waals surface area contributed by atoms with Crippen LogP contribution in [0.2, 0.25) is 0 Å². The van der Waals surface area contributed by atoms with Crippen molar-refractivity contribution in [2.24, 2.45) is 0 Å². The van der Waals surface area contributed by atoms with Crippen LogP contribution in [0.25, 0.3) is 0 Å². The van der Waals surface area contributed by atoms with E-state index in [0.29, 0.717) is 17.2 Å². The fourth-order valence-electron chi connectivity index (χ4n) is 4.42. The lowest BCUT2D eigenvalue weighted by molar-refractivity contribution is -0.0375. The summed E-state index contributed by atoms with van der Waals surface area (Å²) in [6.07, 6.45) is 1.78. The van der Waals surface area contributed by atoms with Crippen LogP contribution in [0.15, 0.2) is 42.5 Å². The fraction of sp³-hybridized carbons (Fsp3) is 0.458. The maximum Gasteiger partial charge on any atom is 0.276 e. The Morgan fingerprint density at radius 1 is 1.16 bits per heavy atom. The fourth-order valence-corrected chi connectivity index (χ4v) is 4.42. The lowest BCUT2D eigenvalue weighted by Gasteiger charge is -2.37. The van der Waals surface area contributed by atoms with Crippen LogP contribution in [0.3, 0.4) is 0 Å². The highest BCUT2D eigenvalue weighted by molar-refractivity contribution is 5.93. The van der Waals surface area contributed by atoms with E-state index in [0.717, 1.165) is 56.9 Å². The monoisotopic (exact) mass is 425 g/mol. The molecule has 1 atom stereocenters. The van der Waals surface area contributed by atoms with Crippen LogP contribution in [0.4, 0.5) is 5.69 Å². The van der Waals surface area contributed by atoms with E-state index < -0.39 is 0 Å². The van der Waals surface area contributed by atoms with E-state index >= 15 is 0 Å². The van der Waals surface area contributed by atoms with Crippen LogP contribution in [-0.4, -0.2) is 74.6 Å². The molecule has 2 heterocycles. The first-order chi connectivity index (χ1) is 15.0. The summed E-state index contributed by atoms with van der Waals surface area (Å²) in [4.78, 5) is 16.9. The minimum atomic E-state index is -0.388. The number of rotatable bonds is 6. The first-order valence-electron chi connectivity index (χ1n) is 10.9. The molecular weight excluding hydrogens is 394 g/mol. The Bertz CT molecular complexity index is 892. The molecule has 31 heavy (non-hydrogen) atoms. The molecule has 1 unspecified atom stereocenters. The van der Waals surface area contributed by atoms with Crippen LogP contribution >= 0.6 is 0 Å². The predicted octanol–water partition coefficient (Wildman–Crippen LogP) is 2.98. The van der Waals surface area contributed by atoms with Crippen LogP contribution in [0, 0.1) is 0 Å². The molecule has 4 rings (SSSR count). The van der Waals surface area contributed by atoms with Gasteiger partial charge in [-0.3, -0.25) is 14.9 Å². The van der Waals surface area contributed by atoms with E-state index in [9.17, 15) is 10.0 Å². The molecule has 0 aliphatic carbocycles. The van der Waals surface area contributed by atoms with Crippen molar-refractivity contribution in [3.8, 4) is 5.75 Å². The van der Waals surface area contributed by atoms with Gasteiger partial charge in [-0.25, -0.2) is 5.06 Å². The number of anilines is 1. The quantitative estimate of drug-likeness (QED) is 0.567.